The summed E-state index contributed by atoms with van der Waals surface area (Å²) in [7, 11) is 0. The summed E-state index contributed by atoms with van der Waals surface area (Å²) in [4.78, 5) is 11.5. The number of amides is 1. The summed E-state index contributed by atoms with van der Waals surface area (Å²) >= 11 is 1.30. The molecule has 1 amide bonds. The second-order valence-corrected chi connectivity index (χ2v) is 8.77. The summed E-state index contributed by atoms with van der Waals surface area (Å²) in [6.07, 6.45) is 1.64. The Balaban J connectivity index is 1.99. The van der Waals surface area contributed by atoms with E-state index in [9.17, 15) is 4.79 Å². The highest BCUT2D eigenvalue weighted by atomic mass is 32.2. The first-order chi connectivity index (χ1) is 12.8. The van der Waals surface area contributed by atoms with Gasteiger partial charge in [0.25, 0.3) is 0 Å². The van der Waals surface area contributed by atoms with E-state index in [-0.39, 0.29) is 11.3 Å². The van der Waals surface area contributed by atoms with Gasteiger partial charge >= 0.3 is 0 Å². The number of benzene rings is 1. The average molecular weight is 385 g/mol. The number of carbonyl (C=O) groups is 1. The zero-order valence-corrected chi connectivity index (χ0v) is 16.8. The van der Waals surface area contributed by atoms with Crippen molar-refractivity contribution in [3.05, 3.63) is 54.0 Å². The van der Waals surface area contributed by atoms with Crippen LogP contribution in [0.5, 0.6) is 0 Å². The van der Waals surface area contributed by atoms with E-state index >= 15 is 0 Å². The molecule has 7 heteroatoms. The Morgan fingerprint density at radius 2 is 1.93 bits per heavy atom. The first-order valence-electron chi connectivity index (χ1n) is 8.78. The molecule has 0 fully saturated rings. The zero-order chi connectivity index (χ0) is 19.6. The molecule has 1 aromatic carbocycles. The summed E-state index contributed by atoms with van der Waals surface area (Å²) < 4.78 is 7.45. The maximum absolute atomic E-state index is 11.5. The van der Waals surface area contributed by atoms with E-state index in [2.05, 4.69) is 55.2 Å². The Kier molecular flexibility index (Phi) is 5.41. The fraction of sp³-hybridized carbons (Fsp3) is 0.350. The van der Waals surface area contributed by atoms with E-state index in [1.54, 1.807) is 13.2 Å². The molecule has 3 rings (SSSR count). The maximum Gasteiger partial charge on any atom is 0.230 e. The molecular formula is C20H24N4O2S. The highest BCUT2D eigenvalue weighted by molar-refractivity contribution is 8.00. The van der Waals surface area contributed by atoms with Crippen molar-refractivity contribution in [1.82, 2.24) is 14.8 Å². The molecular weight excluding hydrogens is 360 g/mol. The molecule has 1 unspecified atom stereocenters. The van der Waals surface area contributed by atoms with Crippen LogP contribution >= 0.6 is 11.8 Å². The Hall–Kier alpha value is -2.54. The van der Waals surface area contributed by atoms with Crippen LogP contribution < -0.4 is 5.73 Å². The van der Waals surface area contributed by atoms with Crippen LogP contribution in [0.2, 0.25) is 0 Å². The Bertz CT molecular complexity index is 909. The van der Waals surface area contributed by atoms with Gasteiger partial charge in [-0.25, -0.2) is 0 Å². The molecule has 0 aliphatic heterocycles. The van der Waals surface area contributed by atoms with Crippen molar-refractivity contribution in [1.29, 1.82) is 0 Å². The molecule has 27 heavy (non-hydrogen) atoms. The van der Waals surface area contributed by atoms with E-state index in [1.165, 1.54) is 17.3 Å². The van der Waals surface area contributed by atoms with Gasteiger partial charge in [0.05, 0.1) is 18.1 Å². The van der Waals surface area contributed by atoms with Crippen molar-refractivity contribution < 1.29 is 9.21 Å². The van der Waals surface area contributed by atoms with Crippen molar-refractivity contribution >= 4 is 17.7 Å². The van der Waals surface area contributed by atoms with Crippen LogP contribution in [0.1, 0.15) is 39.0 Å². The van der Waals surface area contributed by atoms with Crippen LogP contribution in [-0.4, -0.2) is 25.9 Å². The summed E-state index contributed by atoms with van der Waals surface area (Å²) in [6, 6.07) is 12.1. The lowest BCUT2D eigenvalue weighted by Crippen LogP contribution is -2.23. The Labute approximate surface area is 163 Å². The molecule has 2 heterocycles. The van der Waals surface area contributed by atoms with E-state index in [1.807, 2.05) is 16.7 Å². The molecule has 142 valence electrons. The number of aromatic nitrogens is 3. The third-order valence-corrected chi connectivity index (χ3v) is 5.40. The number of hydrogen-bond acceptors (Lipinski definition) is 5. The minimum Gasteiger partial charge on any atom is -0.467 e. The van der Waals surface area contributed by atoms with Gasteiger partial charge in [0.2, 0.25) is 5.91 Å². The zero-order valence-electron chi connectivity index (χ0n) is 16.0. The van der Waals surface area contributed by atoms with Gasteiger partial charge in [-0.2, -0.15) is 0 Å². The minimum atomic E-state index is -0.402. The molecule has 0 aliphatic rings. The minimum absolute atomic E-state index is 0.0816. The summed E-state index contributed by atoms with van der Waals surface area (Å²) in [5, 5.41) is 8.89. The molecule has 0 bridgehead atoms. The lowest BCUT2D eigenvalue weighted by Gasteiger charge is -2.19. The molecule has 1 atom stereocenters. The van der Waals surface area contributed by atoms with Crippen LogP contribution in [0.4, 0.5) is 0 Å². The smallest absolute Gasteiger partial charge is 0.230 e. The van der Waals surface area contributed by atoms with Crippen molar-refractivity contribution in [3.8, 4) is 11.4 Å². The van der Waals surface area contributed by atoms with Gasteiger partial charge in [0.1, 0.15) is 5.76 Å². The topological polar surface area (TPSA) is 86.9 Å². The second-order valence-electron chi connectivity index (χ2n) is 7.46. The van der Waals surface area contributed by atoms with E-state index < -0.39 is 5.25 Å². The number of hydrogen-bond donors (Lipinski definition) is 1. The predicted octanol–water partition coefficient (Wildman–Crippen LogP) is 3.85. The Morgan fingerprint density at radius 3 is 2.48 bits per heavy atom. The van der Waals surface area contributed by atoms with Crippen LogP contribution in [-0.2, 0) is 16.8 Å². The summed E-state index contributed by atoms with van der Waals surface area (Å²) in [5.41, 5.74) is 7.70. The molecule has 2 N–H and O–H groups in total. The molecule has 0 saturated heterocycles. The summed E-state index contributed by atoms with van der Waals surface area (Å²) in [6.45, 7) is 8.78. The number of furan rings is 1. The van der Waals surface area contributed by atoms with Gasteiger partial charge in [0.15, 0.2) is 11.0 Å². The van der Waals surface area contributed by atoms with Gasteiger partial charge in [-0.15, -0.1) is 10.2 Å². The second kappa shape index (κ2) is 7.60. The number of carbonyl (C=O) groups excluding carboxylic acids is 1. The first-order valence-corrected chi connectivity index (χ1v) is 9.66. The fourth-order valence-corrected chi connectivity index (χ4v) is 3.42. The number of thioether (sulfide) groups is 1. The lowest BCUT2D eigenvalue weighted by molar-refractivity contribution is -0.117. The normalized spacial score (nSPS) is 12.9. The lowest BCUT2D eigenvalue weighted by atomic mass is 9.87. The largest absolute Gasteiger partial charge is 0.467 e. The molecule has 6 nitrogen and oxygen atoms in total. The molecule has 0 spiro atoms. The fourth-order valence-electron chi connectivity index (χ4n) is 2.63. The summed E-state index contributed by atoms with van der Waals surface area (Å²) in [5.74, 6) is 1.13. The third kappa shape index (κ3) is 4.42. The average Bonchev–Trinajstić information content (AvgIpc) is 3.25. The van der Waals surface area contributed by atoms with Crippen molar-refractivity contribution in [2.45, 2.75) is 50.1 Å². The molecule has 0 saturated carbocycles. The van der Waals surface area contributed by atoms with Gasteiger partial charge < -0.3 is 10.2 Å². The highest BCUT2D eigenvalue weighted by Gasteiger charge is 2.21. The number of rotatable bonds is 6. The molecule has 3 aromatic rings. The highest BCUT2D eigenvalue weighted by Crippen LogP contribution is 2.29. The maximum atomic E-state index is 11.5. The SMILES string of the molecule is CC(Sc1nnc(-c2ccc(C(C)(C)C)cc2)n1Cc1ccco1)C(N)=O. The monoisotopic (exact) mass is 384 g/mol. The van der Waals surface area contributed by atoms with Crippen LogP contribution in [0.3, 0.4) is 0 Å². The first kappa shape index (κ1) is 19.2. The molecule has 0 aliphatic carbocycles. The third-order valence-electron chi connectivity index (χ3n) is 4.30. The van der Waals surface area contributed by atoms with Crippen molar-refractivity contribution in [3.63, 3.8) is 0 Å². The number of nitrogens with zero attached hydrogens (tertiary/aromatic N) is 3. The number of primary amides is 1. The van der Waals surface area contributed by atoms with Crippen molar-refractivity contribution in [2.75, 3.05) is 0 Å². The number of nitrogens with two attached hydrogens (primary N) is 1. The Morgan fingerprint density at radius 1 is 1.22 bits per heavy atom. The van der Waals surface area contributed by atoms with E-state index in [0.29, 0.717) is 11.7 Å². The standard InChI is InChI=1S/C20H24N4O2S/c1-13(17(21)25)27-19-23-22-18(24(19)12-16-6-5-11-26-16)14-7-9-15(10-8-14)20(2,3)4/h5-11,13H,12H2,1-4H3,(H2,21,25). The van der Waals surface area contributed by atoms with Gasteiger partial charge in [-0.1, -0.05) is 56.8 Å². The molecule has 0 radical (unpaired) electrons. The van der Waals surface area contributed by atoms with Crippen LogP contribution in [0.15, 0.2) is 52.2 Å². The van der Waals surface area contributed by atoms with E-state index in [4.69, 9.17) is 10.2 Å². The van der Waals surface area contributed by atoms with Gasteiger partial charge in [-0.05, 0) is 30.0 Å². The van der Waals surface area contributed by atoms with Gasteiger partial charge in [-0.3, -0.25) is 9.36 Å². The van der Waals surface area contributed by atoms with Crippen LogP contribution in [0.25, 0.3) is 11.4 Å². The van der Waals surface area contributed by atoms with Crippen molar-refractivity contribution in [2.24, 2.45) is 5.73 Å². The quantitative estimate of drug-likeness (QED) is 0.652. The van der Waals surface area contributed by atoms with Gasteiger partial charge in [0, 0.05) is 5.56 Å². The van der Waals surface area contributed by atoms with E-state index in [0.717, 1.165) is 17.1 Å². The van der Waals surface area contributed by atoms with Crippen LogP contribution in [0, 0.1) is 0 Å². The molecule has 2 aromatic heterocycles. The predicted molar refractivity (Wildman–Crippen MR) is 106 cm³/mol.